The molecule has 16 heavy (non-hydrogen) atoms. The van der Waals surface area contributed by atoms with E-state index in [0.717, 1.165) is 17.8 Å². The predicted molar refractivity (Wildman–Crippen MR) is 70.0 cm³/mol. The first kappa shape index (κ1) is 12.4. The highest BCUT2D eigenvalue weighted by Gasteiger charge is 2.35. The molecule has 2 rings (SSSR count). The molecule has 2 unspecified atom stereocenters. The van der Waals surface area contributed by atoms with E-state index < -0.39 is 0 Å². The van der Waals surface area contributed by atoms with E-state index in [1.54, 1.807) is 0 Å². The SMILES string of the molecule is CC1CCC(C(C)C)[C](N2CCCCC2)C1. The largest absolute Gasteiger partial charge is 0.296 e. The molecule has 2 fully saturated rings. The van der Waals surface area contributed by atoms with E-state index in [0.29, 0.717) is 0 Å². The third-order valence-corrected chi connectivity index (χ3v) is 4.52. The summed E-state index contributed by atoms with van der Waals surface area (Å²) in [5.74, 6) is 2.64. The van der Waals surface area contributed by atoms with Gasteiger partial charge >= 0.3 is 0 Å². The Morgan fingerprint density at radius 2 is 1.75 bits per heavy atom. The van der Waals surface area contributed by atoms with E-state index in [1.165, 1.54) is 51.6 Å². The van der Waals surface area contributed by atoms with Crippen molar-refractivity contribution in [2.75, 3.05) is 13.1 Å². The molecule has 0 amide bonds. The second-order valence-electron chi connectivity index (χ2n) is 6.28. The molecule has 93 valence electrons. The van der Waals surface area contributed by atoms with Gasteiger partial charge in [-0.1, -0.05) is 33.6 Å². The van der Waals surface area contributed by atoms with E-state index >= 15 is 0 Å². The molecule has 1 aliphatic heterocycles. The van der Waals surface area contributed by atoms with Crippen LogP contribution in [0.3, 0.4) is 0 Å². The summed E-state index contributed by atoms with van der Waals surface area (Å²) in [6.07, 6.45) is 8.55. The summed E-state index contributed by atoms with van der Waals surface area (Å²) >= 11 is 0. The number of piperidine rings is 1. The van der Waals surface area contributed by atoms with Crippen LogP contribution in [0, 0.1) is 23.8 Å². The van der Waals surface area contributed by atoms with Crippen LogP contribution in [-0.4, -0.2) is 18.0 Å². The molecule has 0 aromatic heterocycles. The molecule has 2 atom stereocenters. The molecule has 2 aliphatic rings. The van der Waals surface area contributed by atoms with Crippen LogP contribution < -0.4 is 0 Å². The fraction of sp³-hybridized carbons (Fsp3) is 0.933. The minimum absolute atomic E-state index is 0.837. The first-order valence-electron chi connectivity index (χ1n) is 7.29. The molecule has 1 radical (unpaired) electrons. The highest BCUT2D eigenvalue weighted by molar-refractivity contribution is 5.02. The van der Waals surface area contributed by atoms with Crippen molar-refractivity contribution in [1.82, 2.24) is 4.90 Å². The first-order valence-corrected chi connectivity index (χ1v) is 7.29. The van der Waals surface area contributed by atoms with Crippen LogP contribution in [0.5, 0.6) is 0 Å². The van der Waals surface area contributed by atoms with Gasteiger partial charge in [0.05, 0.1) is 0 Å². The third-order valence-electron chi connectivity index (χ3n) is 4.52. The molecule has 0 aromatic carbocycles. The third kappa shape index (κ3) is 2.80. The fourth-order valence-electron chi connectivity index (χ4n) is 3.50. The van der Waals surface area contributed by atoms with E-state index in [9.17, 15) is 0 Å². The van der Waals surface area contributed by atoms with Crippen molar-refractivity contribution in [3.63, 3.8) is 0 Å². The average molecular weight is 222 g/mol. The lowest BCUT2D eigenvalue weighted by Crippen LogP contribution is -2.42. The summed E-state index contributed by atoms with van der Waals surface area (Å²) in [5.41, 5.74) is 0. The highest BCUT2D eigenvalue weighted by Crippen LogP contribution is 2.42. The predicted octanol–water partition coefficient (Wildman–Crippen LogP) is 4.10. The number of rotatable bonds is 2. The van der Waals surface area contributed by atoms with Gasteiger partial charge in [-0.2, -0.15) is 0 Å². The number of likely N-dealkylation sites (tertiary alicyclic amines) is 1. The molecule has 1 saturated heterocycles. The number of hydrogen-bond acceptors (Lipinski definition) is 1. The van der Waals surface area contributed by atoms with Gasteiger partial charge in [0.1, 0.15) is 0 Å². The maximum absolute atomic E-state index is 2.74. The van der Waals surface area contributed by atoms with Crippen molar-refractivity contribution in [3.8, 4) is 0 Å². The van der Waals surface area contributed by atoms with Gasteiger partial charge in [-0.3, -0.25) is 4.90 Å². The number of nitrogens with zero attached hydrogens (tertiary/aromatic N) is 1. The van der Waals surface area contributed by atoms with Crippen molar-refractivity contribution in [2.24, 2.45) is 17.8 Å². The monoisotopic (exact) mass is 222 g/mol. The Labute approximate surface area is 102 Å². The van der Waals surface area contributed by atoms with Crippen LogP contribution in [0.2, 0.25) is 0 Å². The zero-order valence-corrected chi connectivity index (χ0v) is 11.3. The van der Waals surface area contributed by atoms with E-state index in [1.807, 2.05) is 6.04 Å². The van der Waals surface area contributed by atoms with Gasteiger partial charge in [0.2, 0.25) is 0 Å². The second kappa shape index (κ2) is 5.53. The Morgan fingerprint density at radius 1 is 1.06 bits per heavy atom. The summed E-state index contributed by atoms with van der Waals surface area (Å²) < 4.78 is 0. The molecule has 0 bridgehead atoms. The normalized spacial score (nSPS) is 34.5. The summed E-state index contributed by atoms with van der Waals surface area (Å²) in [6, 6.07) is 1.81. The molecule has 0 spiro atoms. The van der Waals surface area contributed by atoms with Crippen molar-refractivity contribution >= 4 is 0 Å². The minimum Gasteiger partial charge on any atom is -0.296 e. The summed E-state index contributed by atoms with van der Waals surface area (Å²) in [4.78, 5) is 2.74. The Kier molecular flexibility index (Phi) is 4.29. The van der Waals surface area contributed by atoms with Crippen molar-refractivity contribution < 1.29 is 0 Å². The quantitative estimate of drug-likeness (QED) is 0.680. The lowest BCUT2D eigenvalue weighted by Gasteiger charge is -2.44. The topological polar surface area (TPSA) is 3.24 Å². The van der Waals surface area contributed by atoms with Gasteiger partial charge in [-0.25, -0.2) is 0 Å². The lowest BCUT2D eigenvalue weighted by atomic mass is 9.73. The van der Waals surface area contributed by atoms with Crippen molar-refractivity contribution in [3.05, 3.63) is 6.04 Å². The second-order valence-corrected chi connectivity index (χ2v) is 6.28. The maximum Gasteiger partial charge on any atom is 0.0429 e. The zero-order valence-electron chi connectivity index (χ0n) is 11.3. The molecular weight excluding hydrogens is 194 g/mol. The van der Waals surface area contributed by atoms with Gasteiger partial charge in [-0.05, 0) is 56.5 Å². The van der Waals surface area contributed by atoms with Crippen molar-refractivity contribution in [1.29, 1.82) is 0 Å². The molecule has 1 nitrogen and oxygen atoms in total. The molecule has 1 heteroatoms. The standard InChI is InChI=1S/C15H28N/c1-12(2)14-8-7-13(3)11-15(14)16-9-5-4-6-10-16/h12-14H,4-11H2,1-3H3. The van der Waals surface area contributed by atoms with Crippen LogP contribution in [0.25, 0.3) is 0 Å². The van der Waals surface area contributed by atoms with E-state index in [2.05, 4.69) is 25.7 Å². The van der Waals surface area contributed by atoms with Gasteiger partial charge in [0.15, 0.2) is 0 Å². The minimum atomic E-state index is 0.837. The Hall–Kier alpha value is -0.0400. The highest BCUT2D eigenvalue weighted by atomic mass is 15.2. The average Bonchev–Trinajstić information content (AvgIpc) is 2.29. The smallest absolute Gasteiger partial charge is 0.0429 e. The molecule has 1 heterocycles. The lowest BCUT2D eigenvalue weighted by molar-refractivity contribution is 0.122. The van der Waals surface area contributed by atoms with Crippen LogP contribution in [-0.2, 0) is 0 Å². The Bertz CT molecular complexity index is 205. The van der Waals surface area contributed by atoms with E-state index in [4.69, 9.17) is 0 Å². The van der Waals surface area contributed by atoms with Crippen LogP contribution in [0.1, 0.15) is 59.3 Å². The van der Waals surface area contributed by atoms with Crippen LogP contribution >= 0.6 is 0 Å². The Morgan fingerprint density at radius 3 is 2.38 bits per heavy atom. The molecule has 1 aliphatic carbocycles. The fourth-order valence-corrected chi connectivity index (χ4v) is 3.50. The Balaban J connectivity index is 2.00. The van der Waals surface area contributed by atoms with Gasteiger partial charge in [0.25, 0.3) is 0 Å². The van der Waals surface area contributed by atoms with Crippen molar-refractivity contribution in [2.45, 2.75) is 59.3 Å². The van der Waals surface area contributed by atoms with Gasteiger partial charge in [-0.15, -0.1) is 0 Å². The van der Waals surface area contributed by atoms with Crippen LogP contribution in [0.15, 0.2) is 0 Å². The number of hydrogen-bond donors (Lipinski definition) is 0. The van der Waals surface area contributed by atoms with Gasteiger partial charge in [0, 0.05) is 6.04 Å². The first-order chi connectivity index (χ1) is 7.68. The zero-order chi connectivity index (χ0) is 11.5. The van der Waals surface area contributed by atoms with E-state index in [-0.39, 0.29) is 0 Å². The summed E-state index contributed by atoms with van der Waals surface area (Å²) in [6.45, 7) is 9.92. The molecular formula is C15H28N. The van der Waals surface area contributed by atoms with Crippen LogP contribution in [0.4, 0.5) is 0 Å². The summed E-state index contributed by atoms with van der Waals surface area (Å²) in [7, 11) is 0. The summed E-state index contributed by atoms with van der Waals surface area (Å²) in [5, 5.41) is 0. The molecule has 0 aromatic rings. The molecule has 0 N–H and O–H groups in total. The van der Waals surface area contributed by atoms with Gasteiger partial charge < -0.3 is 0 Å². The maximum atomic E-state index is 2.74. The molecule has 1 saturated carbocycles.